The zero-order chi connectivity index (χ0) is 61.3. The molecule has 462 valence electrons. The fourth-order valence-electron chi connectivity index (χ4n) is 7.03. The average molecular weight is 1340 g/mol. The minimum absolute atomic E-state index is 0. The number of carbonyl (C=O) groups is 4. The van der Waals surface area contributed by atoms with E-state index in [0.29, 0.717) is 75.1 Å². The minimum Gasteiger partial charge on any atom is -0.759 e. The van der Waals surface area contributed by atoms with Gasteiger partial charge in [-0.1, -0.05) is 57.3 Å². The molecular weight excluding hydrogens is 1290 g/mol. The summed E-state index contributed by atoms with van der Waals surface area (Å²) in [6, 6.07) is 31.6. The van der Waals surface area contributed by atoms with Gasteiger partial charge in [0.15, 0.2) is 0 Å². The van der Waals surface area contributed by atoms with Crippen molar-refractivity contribution in [2.45, 2.75) is 26.2 Å². The van der Waals surface area contributed by atoms with Crippen molar-refractivity contribution in [2.24, 2.45) is 0 Å². The quantitative estimate of drug-likeness (QED) is 0.0437. The Balaban J connectivity index is 0.000000272. The Bertz CT molecular complexity index is 3560. The molecule has 0 saturated carbocycles. The van der Waals surface area contributed by atoms with Crippen molar-refractivity contribution in [3.63, 3.8) is 0 Å². The van der Waals surface area contributed by atoms with Crippen LogP contribution >= 0.6 is 0 Å². The van der Waals surface area contributed by atoms with Gasteiger partial charge >= 0.3 is 34.1 Å². The summed E-state index contributed by atoms with van der Waals surface area (Å²) in [7, 11) is -10.3. The van der Waals surface area contributed by atoms with E-state index in [1.54, 1.807) is 105 Å². The molecule has 38 heteroatoms. The molecule has 34 nitrogen and oxygen atoms in total. The van der Waals surface area contributed by atoms with Gasteiger partial charge in [0.1, 0.15) is 45.6 Å². The summed E-state index contributed by atoms with van der Waals surface area (Å²) in [5.41, 5.74) is 6.03. The van der Waals surface area contributed by atoms with Gasteiger partial charge in [-0.15, -0.1) is 20.4 Å². The summed E-state index contributed by atoms with van der Waals surface area (Å²) >= 11 is 0. The summed E-state index contributed by atoms with van der Waals surface area (Å²) in [5, 5.41) is 43.8. The number of carbonyl (C=O) groups excluding carboxylic acids is 4. The standard InChI is InChI=1S/2C25H23N11O2.2Cu.2H2O4S/c2*37-24(28-12-14-35-16-22(31-33-35)18-6-1-3-10-26-18)20-8-5-9-21(30-20)25(38)29-13-15-36-17-23(32-34-36)19-7-2-4-11-27-19;;;2*1-5(2,3)4/h2*1-11,16-17H,12-15H2,(H,28,37)(H,29,38);;;2*(H2,1,2,3,4)/q;;2*+2;;/p-4. The van der Waals surface area contributed by atoms with Crippen LogP contribution in [0.2, 0.25) is 0 Å². The number of nitrogens with one attached hydrogen (secondary N) is 4. The molecular formula is C50H46Cu2N22O12S2. The van der Waals surface area contributed by atoms with Gasteiger partial charge in [-0.2, -0.15) is 0 Å². The van der Waals surface area contributed by atoms with Crippen molar-refractivity contribution in [2.75, 3.05) is 26.2 Å². The van der Waals surface area contributed by atoms with Gasteiger partial charge < -0.3 is 39.5 Å². The van der Waals surface area contributed by atoms with Crippen molar-refractivity contribution in [3.8, 4) is 45.6 Å². The molecule has 10 rings (SSSR count). The van der Waals surface area contributed by atoms with Crippen LogP contribution in [0.15, 0.2) is 159 Å². The molecule has 10 heterocycles. The normalized spacial score (nSPS) is 10.6. The third-order valence-electron chi connectivity index (χ3n) is 10.8. The minimum atomic E-state index is -5.17. The summed E-state index contributed by atoms with van der Waals surface area (Å²) in [4.78, 5) is 75.7. The van der Waals surface area contributed by atoms with E-state index in [2.05, 4.69) is 92.4 Å². The Labute approximate surface area is 520 Å². The van der Waals surface area contributed by atoms with Crippen LogP contribution < -0.4 is 21.3 Å². The molecule has 0 aromatic carbocycles. The SMILES string of the molecule is O=C(NCCn1cc(-c2ccccn2)nn1)c1cccc(C(=O)NCCn2cc(-c3ccccn3)nn2)n1.O=C(NCCn1cc(-c2ccccn2)nn1)c1cccc(C(=O)NCCn2cc(-c3ccccn3)nn2)n1.O=S(=O)([O-])[O-].O=S(=O)([O-])[O-].[Cu+2].[Cu+2]. The number of rotatable bonds is 20. The van der Waals surface area contributed by atoms with E-state index in [1.807, 2.05) is 72.8 Å². The second-order valence-electron chi connectivity index (χ2n) is 17.0. The number of amides is 4. The van der Waals surface area contributed by atoms with Crippen LogP contribution in [0, 0.1) is 0 Å². The zero-order valence-corrected chi connectivity index (χ0v) is 48.6. The van der Waals surface area contributed by atoms with E-state index in [-0.39, 0.29) is 56.9 Å². The molecule has 0 unspecified atom stereocenters. The van der Waals surface area contributed by atoms with Crippen LogP contribution in [0.4, 0.5) is 0 Å². The third kappa shape index (κ3) is 23.9. The Kier molecular flexibility index (Phi) is 26.9. The first-order valence-electron chi connectivity index (χ1n) is 25.0. The molecule has 0 fully saturated rings. The summed E-state index contributed by atoms with van der Waals surface area (Å²) in [6.45, 7) is 2.87. The molecule has 4 amide bonds. The van der Waals surface area contributed by atoms with Gasteiger partial charge in [0, 0.05) is 71.8 Å². The van der Waals surface area contributed by atoms with Crippen molar-refractivity contribution in [1.29, 1.82) is 0 Å². The van der Waals surface area contributed by atoms with E-state index in [1.165, 1.54) is 0 Å². The van der Waals surface area contributed by atoms with Gasteiger partial charge in [0.2, 0.25) is 0 Å². The average Bonchev–Trinajstić information content (AvgIpc) is 4.50. The van der Waals surface area contributed by atoms with Crippen molar-refractivity contribution in [3.05, 3.63) is 182 Å². The second kappa shape index (κ2) is 34.3. The van der Waals surface area contributed by atoms with Crippen LogP contribution in [-0.2, 0) is 81.1 Å². The molecule has 2 radical (unpaired) electrons. The topological polar surface area (TPSA) is 477 Å². The molecule has 0 spiro atoms. The molecule has 0 aliphatic carbocycles. The van der Waals surface area contributed by atoms with Crippen molar-refractivity contribution < 1.29 is 88.4 Å². The summed E-state index contributed by atoms with van der Waals surface area (Å²) in [5.74, 6) is -1.58. The van der Waals surface area contributed by atoms with Gasteiger partial charge in [-0.3, -0.25) is 74.7 Å². The zero-order valence-electron chi connectivity index (χ0n) is 45.0. The Morgan fingerprint density at radius 1 is 0.341 bits per heavy atom. The molecule has 88 heavy (non-hydrogen) atoms. The number of aromatic nitrogens is 18. The maximum absolute atomic E-state index is 12.6. The second-order valence-corrected chi connectivity index (χ2v) is 18.6. The van der Waals surface area contributed by atoms with E-state index in [4.69, 9.17) is 35.0 Å². The van der Waals surface area contributed by atoms with Gasteiger partial charge in [-0.05, 0) is 72.8 Å². The van der Waals surface area contributed by atoms with E-state index >= 15 is 0 Å². The molecule has 4 N–H and O–H groups in total. The molecule has 0 aliphatic rings. The van der Waals surface area contributed by atoms with E-state index < -0.39 is 44.4 Å². The number of hydrogen-bond acceptors (Lipinski definition) is 26. The van der Waals surface area contributed by atoms with E-state index in [9.17, 15) is 19.2 Å². The fourth-order valence-corrected chi connectivity index (χ4v) is 7.03. The van der Waals surface area contributed by atoms with Gasteiger partial charge in [0.25, 0.3) is 23.6 Å². The van der Waals surface area contributed by atoms with E-state index in [0.717, 1.165) is 22.8 Å². The maximum Gasteiger partial charge on any atom is 2.00 e. The van der Waals surface area contributed by atoms with Crippen LogP contribution in [0.1, 0.15) is 42.0 Å². The Morgan fingerprint density at radius 2 is 0.557 bits per heavy atom. The predicted molar refractivity (Wildman–Crippen MR) is 292 cm³/mol. The Hall–Kier alpha value is -9.88. The Morgan fingerprint density at radius 3 is 0.750 bits per heavy atom. The van der Waals surface area contributed by atoms with Crippen LogP contribution in [-0.4, -0.2) is 175 Å². The summed E-state index contributed by atoms with van der Waals surface area (Å²) < 4.78 is 74.7. The molecule has 0 aliphatic heterocycles. The molecule has 10 aromatic heterocycles. The number of nitrogens with zero attached hydrogens (tertiary/aromatic N) is 18. The molecule has 0 atom stereocenters. The number of pyridine rings is 6. The third-order valence-corrected chi connectivity index (χ3v) is 10.8. The molecule has 0 saturated heterocycles. The summed E-state index contributed by atoms with van der Waals surface area (Å²) in [6.07, 6.45) is 13.8. The molecule has 10 aromatic rings. The van der Waals surface area contributed by atoms with Crippen LogP contribution in [0.25, 0.3) is 45.6 Å². The fraction of sp³-hybridized carbons (Fsp3) is 0.160. The van der Waals surface area contributed by atoms with Crippen LogP contribution in [0.3, 0.4) is 0 Å². The van der Waals surface area contributed by atoms with Crippen molar-refractivity contribution in [1.82, 2.24) is 111 Å². The van der Waals surface area contributed by atoms with Crippen LogP contribution in [0.5, 0.6) is 0 Å². The maximum atomic E-state index is 12.6. The first kappa shape index (κ1) is 68.9. The predicted octanol–water partition coefficient (Wildman–Crippen LogP) is -0.184. The smallest absolute Gasteiger partial charge is 0.759 e. The monoisotopic (exact) mass is 1340 g/mol. The number of hydrogen-bond donors (Lipinski definition) is 4. The molecule has 0 bridgehead atoms. The largest absolute Gasteiger partial charge is 2.00 e. The van der Waals surface area contributed by atoms with Gasteiger partial charge in [-0.25, -0.2) is 9.97 Å². The van der Waals surface area contributed by atoms with Gasteiger partial charge in [0.05, 0.1) is 73.7 Å². The first-order chi connectivity index (χ1) is 41.3. The van der Waals surface area contributed by atoms with Crippen molar-refractivity contribution >= 4 is 44.4 Å². The first-order valence-corrected chi connectivity index (χ1v) is 27.6.